The molecule has 0 unspecified atom stereocenters. The van der Waals surface area contributed by atoms with Crippen LogP contribution in [0.25, 0.3) is 11.2 Å². The number of aromatic nitrogens is 4. The number of anilines is 3. The van der Waals surface area contributed by atoms with E-state index < -0.39 is 0 Å². The van der Waals surface area contributed by atoms with Gasteiger partial charge >= 0.3 is 0 Å². The summed E-state index contributed by atoms with van der Waals surface area (Å²) in [5.41, 5.74) is 9.98. The lowest BCUT2D eigenvalue weighted by Crippen LogP contribution is -2.42. The van der Waals surface area contributed by atoms with E-state index >= 15 is 0 Å². The molecule has 1 aromatic carbocycles. The fraction of sp³-hybridized carbons (Fsp3) is 0.476. The van der Waals surface area contributed by atoms with Gasteiger partial charge in [-0.05, 0) is 55.3 Å². The number of H-pyrrole nitrogens is 1. The molecule has 0 bridgehead atoms. The smallest absolute Gasteiger partial charge is 0.183 e. The van der Waals surface area contributed by atoms with E-state index in [9.17, 15) is 0 Å². The van der Waals surface area contributed by atoms with Crippen LogP contribution in [0.4, 0.5) is 17.3 Å². The number of halogens is 1. The number of rotatable bonds is 3. The molecule has 0 atom stereocenters. The third kappa shape index (κ3) is 3.22. The van der Waals surface area contributed by atoms with Crippen LogP contribution < -0.4 is 15.5 Å². The van der Waals surface area contributed by atoms with Gasteiger partial charge in [-0.15, -0.1) is 0 Å². The van der Waals surface area contributed by atoms with Crippen LogP contribution in [0.3, 0.4) is 0 Å². The van der Waals surface area contributed by atoms with Crippen molar-refractivity contribution in [2.24, 2.45) is 11.1 Å². The van der Waals surface area contributed by atoms with Gasteiger partial charge in [0, 0.05) is 30.3 Å². The van der Waals surface area contributed by atoms with E-state index in [-0.39, 0.29) is 5.41 Å². The van der Waals surface area contributed by atoms with Crippen molar-refractivity contribution >= 4 is 40.1 Å². The second-order valence-electron chi connectivity index (χ2n) is 8.47. The van der Waals surface area contributed by atoms with Gasteiger partial charge < -0.3 is 15.5 Å². The van der Waals surface area contributed by atoms with E-state index in [1.807, 2.05) is 18.3 Å². The third-order valence-electron chi connectivity index (χ3n) is 6.48. The van der Waals surface area contributed by atoms with Crippen LogP contribution in [0.1, 0.15) is 31.7 Å². The molecule has 7 nitrogen and oxygen atoms in total. The SMILES string of the molecule is CC1(CN)CCN(c2cnc3c(N4CCCc5c(Cl)cccc54)n[nH]c3n2)CC1. The van der Waals surface area contributed by atoms with Crippen LogP contribution in [-0.2, 0) is 6.42 Å². The second-order valence-corrected chi connectivity index (χ2v) is 8.87. The van der Waals surface area contributed by atoms with Crippen molar-refractivity contribution < 1.29 is 0 Å². The molecule has 2 aliphatic rings. The van der Waals surface area contributed by atoms with Gasteiger partial charge in [0.05, 0.1) is 6.20 Å². The van der Waals surface area contributed by atoms with Crippen LogP contribution in [-0.4, -0.2) is 46.3 Å². The topological polar surface area (TPSA) is 87.0 Å². The largest absolute Gasteiger partial charge is 0.355 e. The van der Waals surface area contributed by atoms with Crippen molar-refractivity contribution in [3.05, 3.63) is 35.0 Å². The number of aromatic amines is 1. The summed E-state index contributed by atoms with van der Waals surface area (Å²) in [5.74, 6) is 1.71. The van der Waals surface area contributed by atoms with E-state index in [0.717, 1.165) is 85.4 Å². The molecule has 29 heavy (non-hydrogen) atoms. The quantitative estimate of drug-likeness (QED) is 0.684. The van der Waals surface area contributed by atoms with Crippen molar-refractivity contribution in [1.29, 1.82) is 0 Å². The molecule has 0 spiro atoms. The molecule has 1 saturated heterocycles. The first-order valence-corrected chi connectivity index (χ1v) is 10.7. The maximum atomic E-state index is 6.43. The molecule has 0 radical (unpaired) electrons. The van der Waals surface area contributed by atoms with Gasteiger partial charge in [-0.2, -0.15) is 5.10 Å². The Morgan fingerprint density at radius 2 is 2.07 bits per heavy atom. The van der Waals surface area contributed by atoms with Crippen molar-refractivity contribution in [2.45, 2.75) is 32.6 Å². The highest BCUT2D eigenvalue weighted by molar-refractivity contribution is 6.31. The van der Waals surface area contributed by atoms with Gasteiger partial charge in [-0.3, -0.25) is 5.10 Å². The lowest BCUT2D eigenvalue weighted by molar-refractivity contribution is 0.258. The van der Waals surface area contributed by atoms with Crippen molar-refractivity contribution in [3.63, 3.8) is 0 Å². The Hall–Kier alpha value is -2.38. The molecule has 5 rings (SSSR count). The van der Waals surface area contributed by atoms with Gasteiger partial charge in [-0.25, -0.2) is 9.97 Å². The summed E-state index contributed by atoms with van der Waals surface area (Å²) in [7, 11) is 0. The highest BCUT2D eigenvalue weighted by Crippen LogP contribution is 2.38. The Morgan fingerprint density at radius 3 is 2.86 bits per heavy atom. The zero-order chi connectivity index (χ0) is 20.0. The molecule has 3 aromatic rings. The van der Waals surface area contributed by atoms with Gasteiger partial charge in [0.1, 0.15) is 5.82 Å². The second kappa shape index (κ2) is 7.15. The lowest BCUT2D eigenvalue weighted by Gasteiger charge is -2.39. The van der Waals surface area contributed by atoms with Crippen LogP contribution in [0, 0.1) is 5.41 Å². The summed E-state index contributed by atoms with van der Waals surface area (Å²) < 4.78 is 0. The Bertz CT molecular complexity index is 1040. The Kier molecular flexibility index (Phi) is 4.59. The normalized spacial score (nSPS) is 18.9. The fourth-order valence-electron chi connectivity index (χ4n) is 4.40. The molecule has 152 valence electrons. The Morgan fingerprint density at radius 1 is 1.24 bits per heavy atom. The molecule has 0 aliphatic carbocycles. The first-order chi connectivity index (χ1) is 14.1. The highest BCUT2D eigenvalue weighted by atomic mass is 35.5. The van der Waals surface area contributed by atoms with Gasteiger partial charge in [-0.1, -0.05) is 24.6 Å². The standard InChI is InChI=1S/C21H26ClN7/c1-21(13-23)7-10-28(11-8-21)17-12-24-18-19(25-17)26-27-20(18)29-9-3-4-14-15(22)5-2-6-16(14)29/h2,5-6,12H,3-4,7-11,13,23H2,1H3,(H,25,26,27). The average Bonchev–Trinajstić information content (AvgIpc) is 3.17. The molecule has 2 aromatic heterocycles. The number of nitrogens with zero attached hydrogens (tertiary/aromatic N) is 5. The summed E-state index contributed by atoms with van der Waals surface area (Å²) in [5, 5.41) is 8.48. The molecule has 2 aliphatic heterocycles. The van der Waals surface area contributed by atoms with E-state index in [1.54, 1.807) is 0 Å². The van der Waals surface area contributed by atoms with E-state index in [2.05, 4.69) is 33.0 Å². The molecule has 8 heteroatoms. The van der Waals surface area contributed by atoms with Gasteiger partial charge in [0.15, 0.2) is 17.0 Å². The van der Waals surface area contributed by atoms with Gasteiger partial charge in [0.25, 0.3) is 0 Å². The average molecular weight is 412 g/mol. The number of fused-ring (bicyclic) bond motifs is 2. The van der Waals surface area contributed by atoms with E-state index in [0.29, 0.717) is 0 Å². The minimum absolute atomic E-state index is 0.234. The molecular formula is C21H26ClN7. The van der Waals surface area contributed by atoms with Crippen LogP contribution in [0.2, 0.25) is 5.02 Å². The molecule has 0 amide bonds. The molecular weight excluding hydrogens is 386 g/mol. The minimum Gasteiger partial charge on any atom is -0.355 e. The lowest BCUT2D eigenvalue weighted by atomic mass is 9.80. The molecule has 0 saturated carbocycles. The maximum Gasteiger partial charge on any atom is 0.183 e. The van der Waals surface area contributed by atoms with Crippen molar-refractivity contribution in [3.8, 4) is 0 Å². The molecule has 3 N–H and O–H groups in total. The van der Waals surface area contributed by atoms with E-state index in [1.165, 1.54) is 5.56 Å². The summed E-state index contributed by atoms with van der Waals surface area (Å²) in [4.78, 5) is 14.1. The first-order valence-electron chi connectivity index (χ1n) is 10.3. The predicted molar refractivity (Wildman–Crippen MR) is 117 cm³/mol. The number of nitrogens with one attached hydrogen (secondary N) is 1. The zero-order valence-electron chi connectivity index (χ0n) is 16.7. The summed E-state index contributed by atoms with van der Waals surface area (Å²) >= 11 is 6.43. The van der Waals surface area contributed by atoms with Crippen LogP contribution in [0.5, 0.6) is 0 Å². The number of nitrogens with two attached hydrogens (primary N) is 1. The Labute approximate surface area is 175 Å². The minimum atomic E-state index is 0.234. The first kappa shape index (κ1) is 18.6. The molecule has 1 fully saturated rings. The third-order valence-corrected chi connectivity index (χ3v) is 6.83. The predicted octanol–water partition coefficient (Wildman–Crippen LogP) is 3.66. The number of hydrogen-bond donors (Lipinski definition) is 2. The summed E-state index contributed by atoms with van der Waals surface area (Å²) in [6.45, 7) is 5.79. The Balaban J connectivity index is 1.45. The molecule has 4 heterocycles. The monoisotopic (exact) mass is 411 g/mol. The summed E-state index contributed by atoms with van der Waals surface area (Å²) in [6, 6.07) is 6.04. The number of hydrogen-bond acceptors (Lipinski definition) is 6. The number of piperidine rings is 1. The van der Waals surface area contributed by atoms with Crippen LogP contribution >= 0.6 is 11.6 Å². The zero-order valence-corrected chi connectivity index (χ0v) is 17.4. The van der Waals surface area contributed by atoms with Crippen molar-refractivity contribution in [1.82, 2.24) is 20.2 Å². The maximum absolute atomic E-state index is 6.43. The van der Waals surface area contributed by atoms with Crippen LogP contribution in [0.15, 0.2) is 24.4 Å². The van der Waals surface area contributed by atoms with E-state index in [4.69, 9.17) is 27.3 Å². The van der Waals surface area contributed by atoms with Gasteiger partial charge in [0.2, 0.25) is 0 Å². The number of benzene rings is 1. The van der Waals surface area contributed by atoms with Crippen molar-refractivity contribution in [2.75, 3.05) is 36.0 Å². The fourth-order valence-corrected chi connectivity index (χ4v) is 4.67. The summed E-state index contributed by atoms with van der Waals surface area (Å²) in [6.07, 6.45) is 6.03. The highest BCUT2D eigenvalue weighted by Gasteiger charge is 2.30.